The normalized spacial score (nSPS) is 12.3. The number of benzene rings is 1. The standard InChI is InChI=1S/C15H16N4OS/c1-9-5-6-11-12(7-9)21-15(19(11)4)16-14(20)13-10(2)8-18(3)17-13/h5-8H,1-4H3. The van der Waals surface area contributed by atoms with E-state index >= 15 is 0 Å². The van der Waals surface area contributed by atoms with Gasteiger partial charge in [0, 0.05) is 25.9 Å². The second-order valence-corrected chi connectivity index (χ2v) is 6.18. The van der Waals surface area contributed by atoms with Gasteiger partial charge >= 0.3 is 0 Å². The number of nitrogens with zero attached hydrogens (tertiary/aromatic N) is 4. The minimum Gasteiger partial charge on any atom is -0.319 e. The van der Waals surface area contributed by atoms with E-state index < -0.39 is 0 Å². The van der Waals surface area contributed by atoms with Crippen molar-refractivity contribution in [2.75, 3.05) is 0 Å². The molecule has 21 heavy (non-hydrogen) atoms. The maximum atomic E-state index is 12.3. The predicted octanol–water partition coefficient (Wildman–Crippen LogP) is 2.33. The molecule has 0 aliphatic rings. The van der Waals surface area contributed by atoms with Crippen molar-refractivity contribution < 1.29 is 4.79 Å². The first kappa shape index (κ1) is 13.8. The second-order valence-electron chi connectivity index (χ2n) is 5.17. The molecule has 0 radical (unpaired) electrons. The summed E-state index contributed by atoms with van der Waals surface area (Å²) in [4.78, 5) is 17.2. The molecule has 0 fully saturated rings. The molecule has 3 aromatic rings. The maximum absolute atomic E-state index is 12.3. The van der Waals surface area contributed by atoms with Gasteiger partial charge in [-0.2, -0.15) is 10.1 Å². The number of carbonyl (C=O) groups excluding carboxylic acids is 1. The van der Waals surface area contributed by atoms with E-state index in [1.54, 1.807) is 11.7 Å². The summed E-state index contributed by atoms with van der Waals surface area (Å²) in [5.74, 6) is -0.299. The molecule has 0 aliphatic carbocycles. The van der Waals surface area contributed by atoms with E-state index in [0.717, 1.165) is 15.8 Å². The molecule has 0 unspecified atom stereocenters. The summed E-state index contributed by atoms with van der Waals surface area (Å²) in [6, 6.07) is 6.22. The Morgan fingerprint density at radius 3 is 2.71 bits per heavy atom. The molecule has 0 saturated carbocycles. The molecule has 3 rings (SSSR count). The second kappa shape index (κ2) is 4.96. The molecule has 2 heterocycles. The van der Waals surface area contributed by atoms with Gasteiger partial charge < -0.3 is 4.57 Å². The summed E-state index contributed by atoms with van der Waals surface area (Å²) in [5, 5.41) is 4.17. The van der Waals surface area contributed by atoms with Crippen LogP contribution in [-0.2, 0) is 14.1 Å². The Morgan fingerprint density at radius 2 is 2.05 bits per heavy atom. The van der Waals surface area contributed by atoms with Crippen molar-refractivity contribution in [3.8, 4) is 0 Å². The Morgan fingerprint density at radius 1 is 1.29 bits per heavy atom. The van der Waals surface area contributed by atoms with Crippen molar-refractivity contribution in [3.05, 3.63) is 46.0 Å². The summed E-state index contributed by atoms with van der Waals surface area (Å²) in [5.41, 5.74) is 3.52. The van der Waals surface area contributed by atoms with Gasteiger partial charge in [0.05, 0.1) is 10.2 Å². The first-order valence-electron chi connectivity index (χ1n) is 6.61. The van der Waals surface area contributed by atoms with Crippen molar-refractivity contribution in [1.82, 2.24) is 14.3 Å². The Kier molecular flexibility index (Phi) is 3.25. The lowest BCUT2D eigenvalue weighted by Crippen LogP contribution is -2.14. The number of amides is 1. The highest BCUT2D eigenvalue weighted by molar-refractivity contribution is 7.16. The molecule has 108 valence electrons. The number of fused-ring (bicyclic) bond motifs is 1. The fraction of sp³-hybridized carbons (Fsp3) is 0.267. The zero-order valence-electron chi connectivity index (χ0n) is 12.4. The Bertz CT molecular complexity index is 914. The SMILES string of the molecule is Cc1ccc2c(c1)sc(=NC(=O)c1nn(C)cc1C)n2C. The summed E-state index contributed by atoms with van der Waals surface area (Å²) in [7, 11) is 3.72. The van der Waals surface area contributed by atoms with E-state index in [2.05, 4.69) is 35.2 Å². The number of rotatable bonds is 1. The van der Waals surface area contributed by atoms with Crippen LogP contribution < -0.4 is 4.80 Å². The van der Waals surface area contributed by atoms with Gasteiger partial charge in [-0.05, 0) is 31.5 Å². The van der Waals surface area contributed by atoms with E-state index in [1.807, 2.05) is 24.7 Å². The van der Waals surface area contributed by atoms with E-state index in [9.17, 15) is 4.79 Å². The highest BCUT2D eigenvalue weighted by Gasteiger charge is 2.13. The van der Waals surface area contributed by atoms with Crippen LogP contribution in [0.5, 0.6) is 0 Å². The third-order valence-electron chi connectivity index (χ3n) is 3.38. The molecule has 0 aliphatic heterocycles. The Hall–Kier alpha value is -2.21. The topological polar surface area (TPSA) is 52.2 Å². The van der Waals surface area contributed by atoms with Crippen LogP contribution >= 0.6 is 11.3 Å². The smallest absolute Gasteiger partial charge is 0.300 e. The average Bonchev–Trinajstić information content (AvgIpc) is 2.90. The lowest BCUT2D eigenvalue weighted by atomic mass is 10.2. The van der Waals surface area contributed by atoms with Crippen LogP contribution in [0, 0.1) is 13.8 Å². The van der Waals surface area contributed by atoms with Crippen molar-refractivity contribution in [1.29, 1.82) is 0 Å². The molecule has 0 N–H and O–H groups in total. The number of hydrogen-bond donors (Lipinski definition) is 0. The van der Waals surface area contributed by atoms with Gasteiger partial charge in [-0.25, -0.2) is 0 Å². The highest BCUT2D eigenvalue weighted by Crippen LogP contribution is 2.18. The molecular formula is C15H16N4OS. The third kappa shape index (κ3) is 2.42. The van der Waals surface area contributed by atoms with E-state index in [1.165, 1.54) is 16.9 Å². The number of thiazole rings is 1. The highest BCUT2D eigenvalue weighted by atomic mass is 32.1. The van der Waals surface area contributed by atoms with Crippen LogP contribution in [0.1, 0.15) is 21.6 Å². The minimum absolute atomic E-state index is 0.299. The molecule has 0 atom stereocenters. The van der Waals surface area contributed by atoms with Crippen LogP contribution in [0.3, 0.4) is 0 Å². The van der Waals surface area contributed by atoms with E-state index in [4.69, 9.17) is 0 Å². The van der Waals surface area contributed by atoms with Gasteiger partial charge in [0.2, 0.25) is 0 Å². The van der Waals surface area contributed by atoms with Gasteiger partial charge in [0.25, 0.3) is 5.91 Å². The minimum atomic E-state index is -0.299. The summed E-state index contributed by atoms with van der Waals surface area (Å²) in [6.45, 7) is 3.92. The van der Waals surface area contributed by atoms with Gasteiger partial charge in [0.15, 0.2) is 10.5 Å². The molecular weight excluding hydrogens is 284 g/mol. The molecule has 1 aromatic carbocycles. The molecule has 0 saturated heterocycles. The Balaban J connectivity index is 2.13. The number of hydrogen-bond acceptors (Lipinski definition) is 3. The van der Waals surface area contributed by atoms with Crippen LogP contribution in [0.2, 0.25) is 0 Å². The molecule has 1 amide bonds. The first-order chi connectivity index (χ1) is 9.95. The van der Waals surface area contributed by atoms with Gasteiger partial charge in [0.1, 0.15) is 0 Å². The average molecular weight is 300 g/mol. The van der Waals surface area contributed by atoms with E-state index in [0.29, 0.717) is 10.5 Å². The lowest BCUT2D eigenvalue weighted by Gasteiger charge is -1.96. The quantitative estimate of drug-likeness (QED) is 0.692. The van der Waals surface area contributed by atoms with Gasteiger partial charge in [-0.15, -0.1) is 0 Å². The number of aromatic nitrogens is 3. The van der Waals surface area contributed by atoms with Gasteiger partial charge in [-0.1, -0.05) is 17.4 Å². The van der Waals surface area contributed by atoms with Crippen LogP contribution in [0.4, 0.5) is 0 Å². The first-order valence-corrected chi connectivity index (χ1v) is 7.43. The lowest BCUT2D eigenvalue weighted by molar-refractivity contribution is 0.0992. The van der Waals surface area contributed by atoms with Crippen LogP contribution in [-0.4, -0.2) is 20.3 Å². The van der Waals surface area contributed by atoms with Crippen LogP contribution in [0.15, 0.2) is 29.4 Å². The van der Waals surface area contributed by atoms with Crippen molar-refractivity contribution in [2.45, 2.75) is 13.8 Å². The fourth-order valence-electron chi connectivity index (χ4n) is 2.31. The zero-order valence-corrected chi connectivity index (χ0v) is 13.2. The largest absolute Gasteiger partial charge is 0.319 e. The number of carbonyl (C=O) groups is 1. The van der Waals surface area contributed by atoms with Crippen molar-refractivity contribution in [3.63, 3.8) is 0 Å². The van der Waals surface area contributed by atoms with Crippen molar-refractivity contribution >= 4 is 27.5 Å². The summed E-state index contributed by atoms with van der Waals surface area (Å²) in [6.07, 6.45) is 1.82. The molecule has 2 aromatic heterocycles. The summed E-state index contributed by atoms with van der Waals surface area (Å²) < 4.78 is 4.70. The zero-order chi connectivity index (χ0) is 15.1. The summed E-state index contributed by atoms with van der Waals surface area (Å²) >= 11 is 1.51. The van der Waals surface area contributed by atoms with Crippen molar-refractivity contribution in [2.24, 2.45) is 19.1 Å². The monoisotopic (exact) mass is 300 g/mol. The van der Waals surface area contributed by atoms with Gasteiger partial charge in [-0.3, -0.25) is 9.48 Å². The van der Waals surface area contributed by atoms with E-state index in [-0.39, 0.29) is 5.91 Å². The predicted molar refractivity (Wildman–Crippen MR) is 83.4 cm³/mol. The molecule has 6 heteroatoms. The van der Waals surface area contributed by atoms with Crippen LogP contribution in [0.25, 0.3) is 10.2 Å². The number of aryl methyl sites for hydroxylation is 4. The third-order valence-corrected chi connectivity index (χ3v) is 4.47. The molecule has 5 nitrogen and oxygen atoms in total. The Labute approximate surface area is 126 Å². The fourth-order valence-corrected chi connectivity index (χ4v) is 3.42. The maximum Gasteiger partial charge on any atom is 0.300 e. The molecule has 0 bridgehead atoms. The molecule has 0 spiro atoms.